The van der Waals surface area contributed by atoms with Crippen molar-refractivity contribution in [2.45, 2.75) is 6.42 Å². The van der Waals surface area contributed by atoms with Gasteiger partial charge in [0.25, 0.3) is 0 Å². The van der Waals surface area contributed by atoms with Crippen LogP contribution in [0.25, 0.3) is 0 Å². The van der Waals surface area contributed by atoms with Crippen LogP contribution in [0.5, 0.6) is 0 Å². The van der Waals surface area contributed by atoms with Gasteiger partial charge in [0.15, 0.2) is 21.2 Å². The molecule has 0 radical (unpaired) electrons. The first kappa shape index (κ1) is 10.2. The SMILES string of the molecule is O=Ic1ccc(F)cc1CC(=O)O. The lowest BCUT2D eigenvalue weighted by Gasteiger charge is -1.99. The van der Waals surface area contributed by atoms with Crippen molar-refractivity contribution < 1.29 is 17.4 Å². The van der Waals surface area contributed by atoms with Crippen molar-refractivity contribution >= 4 is 27.2 Å². The summed E-state index contributed by atoms with van der Waals surface area (Å²) in [6.45, 7) is 0. The van der Waals surface area contributed by atoms with E-state index in [1.807, 2.05) is 0 Å². The van der Waals surface area contributed by atoms with Gasteiger partial charge in [0.1, 0.15) is 5.82 Å². The largest absolute Gasteiger partial charge is 0.481 e. The van der Waals surface area contributed by atoms with Crippen molar-refractivity contribution in [3.05, 3.63) is 33.1 Å². The van der Waals surface area contributed by atoms with Gasteiger partial charge in [0.05, 0.1) is 9.99 Å². The summed E-state index contributed by atoms with van der Waals surface area (Å²) in [5.41, 5.74) is 0.301. The molecule has 13 heavy (non-hydrogen) atoms. The molecule has 0 spiro atoms. The Labute approximate surface area is 84.2 Å². The zero-order valence-electron chi connectivity index (χ0n) is 6.46. The number of hydrogen-bond acceptors (Lipinski definition) is 2. The molecular weight excluding hydrogens is 290 g/mol. The second-order valence-corrected chi connectivity index (χ2v) is 3.99. The highest BCUT2D eigenvalue weighted by Gasteiger charge is 2.07. The Morgan fingerprint density at radius 3 is 2.77 bits per heavy atom. The number of hydrogen-bond donors (Lipinski definition) is 1. The van der Waals surface area contributed by atoms with Crippen molar-refractivity contribution in [3.8, 4) is 0 Å². The first-order valence-corrected chi connectivity index (χ1v) is 5.36. The number of carboxylic acids is 1. The van der Waals surface area contributed by atoms with Gasteiger partial charge in [0.2, 0.25) is 0 Å². The maximum absolute atomic E-state index is 12.7. The minimum atomic E-state index is -1.44. The van der Waals surface area contributed by atoms with Gasteiger partial charge in [-0.25, -0.2) is 4.39 Å². The van der Waals surface area contributed by atoms with Crippen LogP contribution in [-0.4, -0.2) is 11.1 Å². The monoisotopic (exact) mass is 296 g/mol. The first-order chi connectivity index (χ1) is 6.13. The summed E-state index contributed by atoms with van der Waals surface area (Å²) in [5.74, 6) is -1.55. The molecule has 1 rings (SSSR count). The molecule has 0 aliphatic rings. The topological polar surface area (TPSA) is 54.4 Å². The fourth-order valence-corrected chi connectivity index (χ4v) is 1.87. The standard InChI is InChI=1S/C8H6FIO3/c9-6-1-2-7(10-13)5(3-6)4-8(11)12/h1-3H,4H2,(H,11,12). The van der Waals surface area contributed by atoms with Crippen molar-refractivity contribution in [2.24, 2.45) is 0 Å². The Bertz CT molecular complexity index is 351. The number of rotatable bonds is 3. The van der Waals surface area contributed by atoms with Crippen LogP contribution in [0.15, 0.2) is 18.2 Å². The lowest BCUT2D eigenvalue weighted by atomic mass is 10.1. The summed E-state index contributed by atoms with van der Waals surface area (Å²) in [4.78, 5) is 10.3. The van der Waals surface area contributed by atoms with Gasteiger partial charge in [-0.15, -0.1) is 0 Å². The van der Waals surface area contributed by atoms with E-state index in [4.69, 9.17) is 5.11 Å². The highest BCUT2D eigenvalue weighted by Crippen LogP contribution is 2.17. The number of aliphatic carboxylic acids is 1. The fourth-order valence-electron chi connectivity index (χ4n) is 0.917. The number of carboxylic acid groups (broad SMARTS) is 1. The zero-order valence-corrected chi connectivity index (χ0v) is 8.62. The van der Waals surface area contributed by atoms with Crippen LogP contribution >= 0.6 is 21.2 Å². The van der Waals surface area contributed by atoms with E-state index in [1.54, 1.807) is 0 Å². The van der Waals surface area contributed by atoms with E-state index in [9.17, 15) is 12.3 Å². The molecule has 1 aromatic rings. The lowest BCUT2D eigenvalue weighted by Crippen LogP contribution is -2.02. The normalized spacial score (nSPS) is 9.92. The van der Waals surface area contributed by atoms with Crippen LogP contribution in [-0.2, 0) is 14.3 Å². The van der Waals surface area contributed by atoms with Gasteiger partial charge in [-0.05, 0) is 23.8 Å². The van der Waals surface area contributed by atoms with Crippen molar-refractivity contribution in [1.29, 1.82) is 0 Å². The molecule has 0 aliphatic carbocycles. The minimum Gasteiger partial charge on any atom is -0.481 e. The van der Waals surface area contributed by atoms with Gasteiger partial charge in [-0.2, -0.15) is 0 Å². The zero-order chi connectivity index (χ0) is 9.84. The van der Waals surface area contributed by atoms with Gasteiger partial charge >= 0.3 is 5.97 Å². The molecule has 0 aromatic heterocycles. The summed E-state index contributed by atoms with van der Waals surface area (Å²) in [6.07, 6.45) is -0.283. The quantitative estimate of drug-likeness (QED) is 0.867. The van der Waals surface area contributed by atoms with Crippen molar-refractivity contribution in [3.63, 3.8) is 0 Å². The van der Waals surface area contributed by atoms with E-state index in [2.05, 4.69) is 0 Å². The molecule has 0 aliphatic heterocycles. The molecule has 3 nitrogen and oxygen atoms in total. The maximum Gasteiger partial charge on any atom is 0.307 e. The predicted molar refractivity (Wildman–Crippen MR) is 51.1 cm³/mol. The van der Waals surface area contributed by atoms with Gasteiger partial charge in [-0.1, -0.05) is 0 Å². The summed E-state index contributed by atoms with van der Waals surface area (Å²) in [6, 6.07) is 3.66. The van der Waals surface area contributed by atoms with Crippen molar-refractivity contribution in [1.82, 2.24) is 0 Å². The molecule has 0 saturated carbocycles. The molecule has 70 valence electrons. The predicted octanol–water partition coefficient (Wildman–Crippen LogP) is 1.94. The highest BCUT2D eigenvalue weighted by molar-refractivity contribution is 14.1. The molecule has 0 heterocycles. The van der Waals surface area contributed by atoms with Crippen molar-refractivity contribution in [2.75, 3.05) is 0 Å². The molecule has 0 unspecified atom stereocenters. The lowest BCUT2D eigenvalue weighted by molar-refractivity contribution is -0.136. The van der Waals surface area contributed by atoms with Crippen LogP contribution in [0.3, 0.4) is 0 Å². The average molecular weight is 296 g/mol. The van der Waals surface area contributed by atoms with E-state index < -0.39 is 33.0 Å². The van der Waals surface area contributed by atoms with Gasteiger partial charge in [-0.3, -0.25) is 7.86 Å². The molecule has 0 bridgehead atoms. The van der Waals surface area contributed by atoms with Gasteiger partial charge in [0, 0.05) is 0 Å². The second kappa shape index (κ2) is 4.40. The number of benzene rings is 1. The molecular formula is C8H6FIO3. The third kappa shape index (κ3) is 2.83. The molecule has 0 amide bonds. The van der Waals surface area contributed by atoms with E-state index in [1.165, 1.54) is 12.1 Å². The van der Waals surface area contributed by atoms with Crippen LogP contribution in [0.4, 0.5) is 4.39 Å². The summed E-state index contributed by atoms with van der Waals surface area (Å²) < 4.78 is 23.7. The van der Waals surface area contributed by atoms with E-state index in [0.717, 1.165) is 6.07 Å². The van der Waals surface area contributed by atoms with Crippen LogP contribution in [0.1, 0.15) is 5.56 Å². The summed E-state index contributed by atoms with van der Waals surface area (Å²) >= 11 is -1.44. The molecule has 1 aromatic carbocycles. The number of halogens is 2. The van der Waals surface area contributed by atoms with E-state index in [0.29, 0.717) is 9.13 Å². The summed E-state index contributed by atoms with van der Waals surface area (Å²) in [7, 11) is 0. The Morgan fingerprint density at radius 2 is 2.23 bits per heavy atom. The first-order valence-electron chi connectivity index (χ1n) is 3.41. The second-order valence-electron chi connectivity index (χ2n) is 2.38. The third-order valence-corrected chi connectivity index (χ3v) is 2.96. The minimum absolute atomic E-state index is 0.283. The Hall–Kier alpha value is -0.850. The van der Waals surface area contributed by atoms with Crippen LogP contribution < -0.4 is 0 Å². The van der Waals surface area contributed by atoms with E-state index >= 15 is 0 Å². The molecule has 0 saturated heterocycles. The van der Waals surface area contributed by atoms with Crippen LogP contribution in [0.2, 0.25) is 0 Å². The maximum atomic E-state index is 12.7. The Morgan fingerprint density at radius 1 is 1.54 bits per heavy atom. The van der Waals surface area contributed by atoms with Gasteiger partial charge < -0.3 is 5.11 Å². The Balaban J connectivity index is 3.07. The molecule has 1 N–H and O–H groups in total. The third-order valence-electron chi connectivity index (χ3n) is 1.43. The van der Waals surface area contributed by atoms with E-state index in [-0.39, 0.29) is 6.42 Å². The number of carbonyl (C=O) groups is 1. The molecule has 0 fully saturated rings. The molecule has 5 heteroatoms. The summed E-state index contributed by atoms with van der Waals surface area (Å²) in [5, 5.41) is 8.47. The van der Waals surface area contributed by atoms with Crippen LogP contribution in [0, 0.1) is 9.39 Å². The average Bonchev–Trinajstić information content (AvgIpc) is 2.03. The molecule has 0 atom stereocenters. The highest BCUT2D eigenvalue weighted by atomic mass is 127. The Kier molecular flexibility index (Phi) is 3.47. The smallest absolute Gasteiger partial charge is 0.307 e. The fraction of sp³-hybridized carbons (Fsp3) is 0.125.